The minimum absolute atomic E-state index is 0.139. The molecule has 0 N–H and O–H groups in total. The number of aromatic nitrogens is 3. The van der Waals surface area contributed by atoms with E-state index in [9.17, 15) is 9.18 Å². The average Bonchev–Trinajstić information content (AvgIpc) is 3.37. The second-order valence-corrected chi connectivity index (χ2v) is 7.97. The van der Waals surface area contributed by atoms with E-state index in [0.717, 1.165) is 4.47 Å². The highest BCUT2D eigenvalue weighted by Gasteiger charge is 2.19. The van der Waals surface area contributed by atoms with Gasteiger partial charge in [0.25, 0.3) is 0 Å². The van der Waals surface area contributed by atoms with Gasteiger partial charge in [0.2, 0.25) is 5.91 Å². The minimum atomic E-state index is -0.350. The number of amides is 1. The topological polar surface area (TPSA) is 64.2 Å². The van der Waals surface area contributed by atoms with E-state index in [0.29, 0.717) is 35.4 Å². The van der Waals surface area contributed by atoms with Gasteiger partial charge in [-0.25, -0.2) is 4.39 Å². The third-order valence-electron chi connectivity index (χ3n) is 4.17. The van der Waals surface area contributed by atoms with E-state index in [1.807, 2.05) is 17.6 Å². The molecule has 0 aliphatic heterocycles. The van der Waals surface area contributed by atoms with Crippen LogP contribution in [0.4, 0.5) is 4.39 Å². The highest BCUT2D eigenvalue weighted by Crippen LogP contribution is 2.25. The molecule has 1 amide bonds. The highest BCUT2D eigenvalue weighted by molar-refractivity contribution is 9.10. The number of rotatable bonds is 9. The molecule has 2 heterocycles. The van der Waals surface area contributed by atoms with Gasteiger partial charge < -0.3 is 9.32 Å². The lowest BCUT2D eigenvalue weighted by Gasteiger charge is -2.21. The summed E-state index contributed by atoms with van der Waals surface area (Å²) in [4.78, 5) is 14.3. The van der Waals surface area contributed by atoms with Crippen molar-refractivity contribution in [3.63, 3.8) is 0 Å². The summed E-state index contributed by atoms with van der Waals surface area (Å²) in [6.45, 7) is 6.80. The van der Waals surface area contributed by atoms with E-state index in [-0.39, 0.29) is 24.0 Å². The van der Waals surface area contributed by atoms with Crippen molar-refractivity contribution in [3.8, 4) is 11.6 Å². The molecule has 0 saturated carbocycles. The van der Waals surface area contributed by atoms with Crippen LogP contribution in [0.3, 0.4) is 0 Å². The molecule has 3 rings (SSSR count). The lowest BCUT2D eigenvalue weighted by molar-refractivity contribution is -0.128. The Morgan fingerprint density at radius 2 is 2.24 bits per heavy atom. The summed E-state index contributed by atoms with van der Waals surface area (Å²) in [6, 6.07) is 8.28. The van der Waals surface area contributed by atoms with Gasteiger partial charge in [-0.05, 0) is 37.3 Å². The Hall–Kier alpha value is -2.39. The summed E-state index contributed by atoms with van der Waals surface area (Å²) in [7, 11) is 0. The summed E-state index contributed by atoms with van der Waals surface area (Å²) in [6.07, 6.45) is 3.20. The van der Waals surface area contributed by atoms with Gasteiger partial charge in [-0.2, -0.15) is 0 Å². The number of furan rings is 1. The second kappa shape index (κ2) is 9.89. The Bertz CT molecular complexity index is 991. The first kappa shape index (κ1) is 21.3. The van der Waals surface area contributed by atoms with Gasteiger partial charge in [-0.3, -0.25) is 9.36 Å². The fourth-order valence-electron chi connectivity index (χ4n) is 2.77. The largest absolute Gasteiger partial charge is 0.461 e. The first-order chi connectivity index (χ1) is 14.0. The first-order valence-electron chi connectivity index (χ1n) is 8.96. The molecule has 6 nitrogen and oxygen atoms in total. The molecule has 0 atom stereocenters. The molecular weight excluding hydrogens is 459 g/mol. The molecular formula is C20H20BrFN4O2S. The Morgan fingerprint density at radius 1 is 1.41 bits per heavy atom. The molecule has 29 heavy (non-hydrogen) atoms. The Balaban J connectivity index is 1.71. The summed E-state index contributed by atoms with van der Waals surface area (Å²) in [5.74, 6) is 0.901. The zero-order valence-corrected chi connectivity index (χ0v) is 18.2. The normalized spacial score (nSPS) is 10.9. The Morgan fingerprint density at radius 3 is 2.93 bits per heavy atom. The highest BCUT2D eigenvalue weighted by atomic mass is 79.9. The lowest BCUT2D eigenvalue weighted by Crippen LogP contribution is -2.32. The molecule has 0 bridgehead atoms. The summed E-state index contributed by atoms with van der Waals surface area (Å²) in [5, 5.41) is 8.99. The van der Waals surface area contributed by atoms with E-state index in [1.54, 1.807) is 35.4 Å². The van der Waals surface area contributed by atoms with Crippen LogP contribution in [-0.2, 0) is 17.9 Å². The third kappa shape index (κ3) is 5.16. The number of hydrogen-bond acceptors (Lipinski definition) is 5. The Labute approximate surface area is 180 Å². The van der Waals surface area contributed by atoms with Crippen LogP contribution in [-0.4, -0.2) is 37.9 Å². The first-order valence-corrected chi connectivity index (χ1v) is 10.7. The molecule has 0 spiro atoms. The van der Waals surface area contributed by atoms with Gasteiger partial charge in [0, 0.05) is 29.7 Å². The molecule has 0 radical (unpaired) electrons. The monoisotopic (exact) mass is 478 g/mol. The van der Waals surface area contributed by atoms with Crippen LogP contribution in [0, 0.1) is 5.82 Å². The fraction of sp³-hybridized carbons (Fsp3) is 0.250. The summed E-state index contributed by atoms with van der Waals surface area (Å²) >= 11 is 4.63. The number of halogens is 2. The number of hydrogen-bond donors (Lipinski definition) is 0. The number of nitrogens with zero attached hydrogens (tertiary/aromatic N) is 4. The molecule has 2 aromatic heterocycles. The molecule has 0 aliphatic rings. The minimum Gasteiger partial charge on any atom is -0.461 e. The fourth-order valence-corrected chi connectivity index (χ4v) is 4.08. The van der Waals surface area contributed by atoms with Crippen molar-refractivity contribution in [3.05, 3.63) is 65.1 Å². The molecule has 9 heteroatoms. The maximum absolute atomic E-state index is 14.1. The zero-order valence-electron chi connectivity index (χ0n) is 15.8. The maximum Gasteiger partial charge on any atom is 0.233 e. The van der Waals surface area contributed by atoms with E-state index in [2.05, 4.69) is 32.7 Å². The van der Waals surface area contributed by atoms with Crippen molar-refractivity contribution < 1.29 is 13.6 Å². The Kier molecular flexibility index (Phi) is 7.27. The van der Waals surface area contributed by atoms with E-state index in [4.69, 9.17) is 4.42 Å². The van der Waals surface area contributed by atoms with Crippen molar-refractivity contribution in [1.82, 2.24) is 19.7 Å². The maximum atomic E-state index is 14.1. The lowest BCUT2D eigenvalue weighted by atomic mass is 10.2. The SMILES string of the molecule is C=CCN(Cc1cc(Br)ccc1F)C(=O)CSc1nnc(-c2ccco2)n1CC. The van der Waals surface area contributed by atoms with Gasteiger partial charge >= 0.3 is 0 Å². The average molecular weight is 479 g/mol. The number of benzene rings is 1. The van der Waals surface area contributed by atoms with Crippen molar-refractivity contribution >= 4 is 33.6 Å². The van der Waals surface area contributed by atoms with E-state index >= 15 is 0 Å². The van der Waals surface area contributed by atoms with Crippen molar-refractivity contribution in [1.29, 1.82) is 0 Å². The van der Waals surface area contributed by atoms with E-state index < -0.39 is 0 Å². The van der Waals surface area contributed by atoms with Crippen LogP contribution in [0.15, 0.2) is 63.3 Å². The molecule has 0 fully saturated rings. The van der Waals surface area contributed by atoms with Crippen molar-refractivity contribution in [2.75, 3.05) is 12.3 Å². The molecule has 1 aromatic carbocycles. The molecule has 152 valence electrons. The van der Waals surface area contributed by atoms with Crippen LogP contribution < -0.4 is 0 Å². The van der Waals surface area contributed by atoms with Crippen LogP contribution in [0.2, 0.25) is 0 Å². The van der Waals surface area contributed by atoms with Crippen LogP contribution in [0.5, 0.6) is 0 Å². The quantitative estimate of drug-likeness (QED) is 0.327. The zero-order chi connectivity index (χ0) is 20.8. The van der Waals surface area contributed by atoms with Crippen molar-refractivity contribution in [2.45, 2.75) is 25.2 Å². The predicted molar refractivity (Wildman–Crippen MR) is 114 cm³/mol. The van der Waals surface area contributed by atoms with E-state index in [1.165, 1.54) is 17.8 Å². The number of carbonyl (C=O) groups is 1. The molecule has 0 aliphatic carbocycles. The third-order valence-corrected chi connectivity index (χ3v) is 5.62. The van der Waals surface area contributed by atoms with Crippen molar-refractivity contribution in [2.24, 2.45) is 0 Å². The second-order valence-electron chi connectivity index (χ2n) is 6.12. The van der Waals surface area contributed by atoms with Gasteiger partial charge in [0.05, 0.1) is 12.0 Å². The summed E-state index contributed by atoms with van der Waals surface area (Å²) in [5.41, 5.74) is 0.441. The summed E-state index contributed by atoms with van der Waals surface area (Å²) < 4.78 is 22.2. The number of thioether (sulfide) groups is 1. The van der Waals surface area contributed by atoms with Gasteiger partial charge in [-0.1, -0.05) is 33.8 Å². The van der Waals surface area contributed by atoms with Gasteiger partial charge in [0.15, 0.2) is 16.7 Å². The standard InChI is InChI=1S/C20H20BrFN4O2S/c1-3-9-25(12-14-11-15(21)7-8-16(14)22)18(27)13-29-20-24-23-19(26(20)4-2)17-6-5-10-28-17/h3,5-8,10-11H,1,4,9,12-13H2,2H3. The molecule has 3 aromatic rings. The smallest absolute Gasteiger partial charge is 0.233 e. The molecule has 0 saturated heterocycles. The molecule has 0 unspecified atom stereocenters. The van der Waals surface area contributed by atoms with Crippen LogP contribution >= 0.6 is 27.7 Å². The van der Waals surface area contributed by atoms with Crippen LogP contribution in [0.25, 0.3) is 11.6 Å². The van der Waals surface area contributed by atoms with Crippen LogP contribution in [0.1, 0.15) is 12.5 Å². The van der Waals surface area contributed by atoms with Gasteiger partial charge in [0.1, 0.15) is 5.82 Å². The predicted octanol–water partition coefficient (Wildman–Crippen LogP) is 4.77. The van der Waals surface area contributed by atoms with Gasteiger partial charge in [-0.15, -0.1) is 16.8 Å². The number of carbonyl (C=O) groups excluding carboxylic acids is 1.